The van der Waals surface area contributed by atoms with Crippen molar-refractivity contribution in [2.24, 2.45) is 11.7 Å². The van der Waals surface area contributed by atoms with E-state index in [0.29, 0.717) is 23.5 Å². The number of fused-ring (bicyclic) bond motifs is 1. The third-order valence-electron chi connectivity index (χ3n) is 5.66. The second-order valence-electron chi connectivity index (χ2n) is 7.98. The Morgan fingerprint density at radius 1 is 1.20 bits per heavy atom. The predicted octanol–water partition coefficient (Wildman–Crippen LogP) is 3.14. The number of hydrogen-bond donors (Lipinski definition) is 2. The zero-order chi connectivity index (χ0) is 21.1. The maximum atomic E-state index is 12.8. The van der Waals surface area contributed by atoms with Gasteiger partial charge in [-0.25, -0.2) is 0 Å². The lowest BCUT2D eigenvalue weighted by Gasteiger charge is -2.39. The Labute approximate surface area is 176 Å². The summed E-state index contributed by atoms with van der Waals surface area (Å²) >= 11 is 0. The SMILES string of the molecule is C[C@H]1C[C@@H](NC(=O)[C@H](N)c2ccccc2)CN(c2ccc(C#N)c3ncccc23)C1. The number of pyridine rings is 1. The molecule has 6 heteroatoms. The van der Waals surface area contributed by atoms with E-state index in [1.54, 1.807) is 6.20 Å². The molecule has 0 unspecified atom stereocenters. The van der Waals surface area contributed by atoms with Crippen LogP contribution >= 0.6 is 0 Å². The number of hydrogen-bond acceptors (Lipinski definition) is 5. The largest absolute Gasteiger partial charge is 0.369 e. The topological polar surface area (TPSA) is 95.0 Å². The first kappa shape index (κ1) is 19.9. The fraction of sp³-hybridized carbons (Fsp3) is 0.292. The molecule has 3 N–H and O–H groups in total. The molecule has 1 saturated heterocycles. The van der Waals surface area contributed by atoms with E-state index in [1.807, 2.05) is 54.6 Å². The number of nitriles is 1. The van der Waals surface area contributed by atoms with Crippen LogP contribution in [0.3, 0.4) is 0 Å². The molecule has 1 aliphatic heterocycles. The first-order chi connectivity index (χ1) is 14.6. The van der Waals surface area contributed by atoms with Crippen molar-refractivity contribution in [3.05, 3.63) is 71.9 Å². The molecule has 0 bridgehead atoms. The summed E-state index contributed by atoms with van der Waals surface area (Å²) in [6.07, 6.45) is 2.61. The van der Waals surface area contributed by atoms with E-state index in [-0.39, 0.29) is 11.9 Å². The van der Waals surface area contributed by atoms with Gasteiger partial charge in [-0.2, -0.15) is 5.26 Å². The molecule has 0 saturated carbocycles. The van der Waals surface area contributed by atoms with E-state index in [9.17, 15) is 10.1 Å². The zero-order valence-corrected chi connectivity index (χ0v) is 17.0. The van der Waals surface area contributed by atoms with Crippen molar-refractivity contribution in [3.63, 3.8) is 0 Å². The summed E-state index contributed by atoms with van der Waals surface area (Å²) in [4.78, 5) is 19.4. The Kier molecular flexibility index (Phi) is 5.64. The van der Waals surface area contributed by atoms with Crippen molar-refractivity contribution in [3.8, 4) is 6.07 Å². The lowest BCUT2D eigenvalue weighted by molar-refractivity contribution is -0.123. The highest BCUT2D eigenvalue weighted by atomic mass is 16.2. The van der Waals surface area contributed by atoms with Gasteiger partial charge in [0.25, 0.3) is 0 Å². The van der Waals surface area contributed by atoms with E-state index in [1.165, 1.54) is 0 Å². The van der Waals surface area contributed by atoms with Crippen LogP contribution in [0, 0.1) is 17.2 Å². The van der Waals surface area contributed by atoms with E-state index in [4.69, 9.17) is 5.73 Å². The van der Waals surface area contributed by atoms with Crippen LogP contribution in [0.25, 0.3) is 10.9 Å². The van der Waals surface area contributed by atoms with Crippen LogP contribution in [0.2, 0.25) is 0 Å². The second kappa shape index (κ2) is 8.52. The van der Waals surface area contributed by atoms with Crippen LogP contribution in [0.15, 0.2) is 60.8 Å². The molecule has 30 heavy (non-hydrogen) atoms. The predicted molar refractivity (Wildman–Crippen MR) is 118 cm³/mol. The molecule has 2 aromatic carbocycles. The minimum Gasteiger partial charge on any atom is -0.369 e. The molecule has 3 atom stereocenters. The number of carbonyl (C=O) groups is 1. The maximum Gasteiger partial charge on any atom is 0.241 e. The number of carbonyl (C=O) groups excluding carboxylic acids is 1. The van der Waals surface area contributed by atoms with E-state index in [0.717, 1.165) is 29.6 Å². The van der Waals surface area contributed by atoms with Crippen molar-refractivity contribution in [2.45, 2.75) is 25.4 Å². The lowest BCUT2D eigenvalue weighted by Crippen LogP contribution is -2.52. The molecule has 152 valence electrons. The molecule has 3 aromatic rings. The van der Waals surface area contributed by atoms with Crippen molar-refractivity contribution < 1.29 is 4.79 Å². The summed E-state index contributed by atoms with van der Waals surface area (Å²) in [6.45, 7) is 3.76. The first-order valence-electron chi connectivity index (χ1n) is 10.2. The van der Waals surface area contributed by atoms with Gasteiger partial charge in [0, 0.05) is 36.4 Å². The molecule has 0 radical (unpaired) electrons. The third kappa shape index (κ3) is 3.98. The van der Waals surface area contributed by atoms with Gasteiger partial charge in [-0.05, 0) is 42.2 Å². The van der Waals surface area contributed by atoms with Crippen molar-refractivity contribution in [2.75, 3.05) is 18.0 Å². The molecular weight excluding hydrogens is 374 g/mol. The number of aromatic nitrogens is 1. The molecule has 1 amide bonds. The molecule has 1 aromatic heterocycles. The quantitative estimate of drug-likeness (QED) is 0.703. The van der Waals surface area contributed by atoms with Gasteiger partial charge >= 0.3 is 0 Å². The highest BCUT2D eigenvalue weighted by molar-refractivity contribution is 5.95. The van der Waals surface area contributed by atoms with Crippen LogP contribution in [0.5, 0.6) is 0 Å². The van der Waals surface area contributed by atoms with Gasteiger partial charge in [0.05, 0.1) is 11.1 Å². The van der Waals surface area contributed by atoms with Crippen LogP contribution in [0.4, 0.5) is 5.69 Å². The second-order valence-corrected chi connectivity index (χ2v) is 7.98. The summed E-state index contributed by atoms with van der Waals surface area (Å²) in [7, 11) is 0. The van der Waals surface area contributed by atoms with Gasteiger partial charge in [-0.3, -0.25) is 9.78 Å². The summed E-state index contributed by atoms with van der Waals surface area (Å²) in [5.74, 6) is 0.242. The number of rotatable bonds is 4. The lowest BCUT2D eigenvalue weighted by atomic mass is 9.94. The van der Waals surface area contributed by atoms with Gasteiger partial charge in [-0.1, -0.05) is 37.3 Å². The Bertz CT molecular complexity index is 1090. The monoisotopic (exact) mass is 399 g/mol. The standard InChI is InChI=1S/C24H25N5O/c1-16-12-19(28-24(30)22(26)17-6-3-2-4-7-17)15-29(14-16)21-10-9-18(13-25)23-20(21)8-5-11-27-23/h2-11,16,19,22H,12,14-15,26H2,1H3,(H,28,30)/t16-,19+,22+/m0/s1. The molecule has 0 aliphatic carbocycles. The number of nitrogens with one attached hydrogen (secondary N) is 1. The average molecular weight is 399 g/mol. The molecule has 0 spiro atoms. The van der Waals surface area contributed by atoms with Gasteiger partial charge in [0.1, 0.15) is 12.1 Å². The summed E-state index contributed by atoms with van der Waals surface area (Å²) < 4.78 is 0. The summed E-state index contributed by atoms with van der Waals surface area (Å²) in [5.41, 5.74) is 9.30. The zero-order valence-electron chi connectivity index (χ0n) is 17.0. The van der Waals surface area contributed by atoms with Crippen molar-refractivity contribution in [1.29, 1.82) is 5.26 Å². The first-order valence-corrected chi connectivity index (χ1v) is 10.2. The van der Waals surface area contributed by atoms with Crippen LogP contribution in [0.1, 0.15) is 30.5 Å². The van der Waals surface area contributed by atoms with Gasteiger partial charge in [0.2, 0.25) is 5.91 Å². The average Bonchev–Trinajstić information content (AvgIpc) is 2.78. The summed E-state index contributed by atoms with van der Waals surface area (Å²) in [6, 6.07) is 18.6. The third-order valence-corrected chi connectivity index (χ3v) is 5.66. The highest BCUT2D eigenvalue weighted by Gasteiger charge is 2.28. The van der Waals surface area contributed by atoms with Gasteiger partial charge in [-0.15, -0.1) is 0 Å². The molecule has 1 aliphatic rings. The minimum absolute atomic E-state index is 0.00150. The fourth-order valence-electron chi connectivity index (χ4n) is 4.28. The Morgan fingerprint density at radius 3 is 2.77 bits per heavy atom. The summed E-state index contributed by atoms with van der Waals surface area (Å²) in [5, 5.41) is 13.5. The smallest absolute Gasteiger partial charge is 0.241 e. The van der Waals surface area contributed by atoms with E-state index >= 15 is 0 Å². The van der Waals surface area contributed by atoms with E-state index < -0.39 is 6.04 Å². The van der Waals surface area contributed by atoms with Crippen LogP contribution in [-0.4, -0.2) is 30.0 Å². The molecule has 4 rings (SSSR count). The number of nitrogens with zero attached hydrogens (tertiary/aromatic N) is 3. The van der Waals surface area contributed by atoms with Crippen molar-refractivity contribution >= 4 is 22.5 Å². The molecule has 6 nitrogen and oxygen atoms in total. The number of piperidine rings is 1. The van der Waals surface area contributed by atoms with Crippen LogP contribution in [-0.2, 0) is 4.79 Å². The highest BCUT2D eigenvalue weighted by Crippen LogP contribution is 2.31. The molecular formula is C24H25N5O. The minimum atomic E-state index is -0.683. The fourth-order valence-corrected chi connectivity index (χ4v) is 4.28. The number of benzene rings is 2. The van der Waals surface area contributed by atoms with Crippen LogP contribution < -0.4 is 16.0 Å². The Morgan fingerprint density at radius 2 is 2.00 bits per heavy atom. The molecule has 2 heterocycles. The van der Waals surface area contributed by atoms with Gasteiger partial charge in [0.15, 0.2) is 0 Å². The normalized spacial score (nSPS) is 19.8. The number of amides is 1. The number of nitrogens with two attached hydrogens (primary N) is 1. The maximum absolute atomic E-state index is 12.8. The van der Waals surface area contributed by atoms with E-state index in [2.05, 4.69) is 28.2 Å². The Balaban J connectivity index is 1.55. The van der Waals surface area contributed by atoms with Gasteiger partial charge < -0.3 is 16.0 Å². The molecule has 1 fully saturated rings. The number of anilines is 1. The Hall–Kier alpha value is -3.43. The van der Waals surface area contributed by atoms with Crippen molar-refractivity contribution in [1.82, 2.24) is 10.3 Å².